The van der Waals surface area contributed by atoms with Crippen molar-refractivity contribution in [2.24, 2.45) is 0 Å². The van der Waals surface area contributed by atoms with E-state index in [-0.39, 0.29) is 12.2 Å². The first-order valence-electron chi connectivity index (χ1n) is 5.94. The van der Waals surface area contributed by atoms with Gasteiger partial charge in [0.05, 0.1) is 20.4 Å². The van der Waals surface area contributed by atoms with Gasteiger partial charge in [-0.25, -0.2) is 15.0 Å². The van der Waals surface area contributed by atoms with Crippen LogP contribution in [0.1, 0.15) is 14.0 Å². The summed E-state index contributed by atoms with van der Waals surface area (Å²) in [6.45, 7) is -0.430. The largest absolute Gasteiger partial charge is 0.394 e. The van der Waals surface area contributed by atoms with Gasteiger partial charge in [0.25, 0.3) is 0 Å². The van der Waals surface area contributed by atoms with Crippen LogP contribution in [0.5, 0.6) is 0 Å². The van der Waals surface area contributed by atoms with E-state index in [1.165, 1.54) is 12.7 Å². The van der Waals surface area contributed by atoms with Crippen molar-refractivity contribution in [2.45, 2.75) is 24.8 Å². The zero-order valence-corrected chi connectivity index (χ0v) is 9.39. The van der Waals surface area contributed by atoms with Gasteiger partial charge in [0.15, 0.2) is 11.5 Å². The van der Waals surface area contributed by atoms with Crippen molar-refractivity contribution in [3.63, 3.8) is 0 Å². The monoisotopic (exact) mass is 252 g/mol. The summed E-state index contributed by atoms with van der Waals surface area (Å²) in [5.41, 5.74) is 6.58. The molecule has 0 bridgehead atoms. The molecule has 3 rings (SSSR count). The molecule has 2 aromatic heterocycles. The van der Waals surface area contributed by atoms with E-state index in [0.29, 0.717) is 11.2 Å². The van der Waals surface area contributed by atoms with Crippen molar-refractivity contribution >= 4 is 17.0 Å². The highest BCUT2D eigenvalue weighted by Crippen LogP contribution is 2.30. The van der Waals surface area contributed by atoms with Crippen LogP contribution < -0.4 is 5.73 Å². The van der Waals surface area contributed by atoms with E-state index >= 15 is 0 Å². The van der Waals surface area contributed by atoms with Gasteiger partial charge in [0.2, 0.25) is 0 Å². The number of hydrogen-bond donors (Lipinski definition) is 3. The Labute approximate surface area is 103 Å². The average molecular weight is 252 g/mol. The van der Waals surface area contributed by atoms with Crippen LogP contribution in [0.2, 0.25) is 0 Å². The van der Waals surface area contributed by atoms with Crippen molar-refractivity contribution in [3.8, 4) is 0 Å². The van der Waals surface area contributed by atoms with E-state index in [1.807, 2.05) is 0 Å². The lowest BCUT2D eigenvalue weighted by atomic mass is 10.2. The number of hydrogen-bond acceptors (Lipinski definition) is 7. The zero-order chi connectivity index (χ0) is 13.6. The van der Waals surface area contributed by atoms with Crippen LogP contribution in [0, 0.1) is 0 Å². The number of nitrogen functional groups attached to an aromatic ring is 1. The first-order valence-corrected chi connectivity index (χ1v) is 5.44. The van der Waals surface area contributed by atoms with E-state index < -0.39 is 25.0 Å². The molecule has 0 saturated carbocycles. The summed E-state index contributed by atoms with van der Waals surface area (Å²) in [6.07, 6.45) is -0.646. The molecule has 8 heteroatoms. The van der Waals surface area contributed by atoms with Crippen molar-refractivity contribution in [3.05, 3.63) is 12.7 Å². The maximum atomic E-state index is 9.84. The number of aliphatic hydroxyl groups is 2. The van der Waals surface area contributed by atoms with Crippen molar-refractivity contribution in [2.75, 3.05) is 12.3 Å². The Morgan fingerprint density at radius 2 is 2.39 bits per heavy atom. The number of fused-ring (bicyclic) bond motifs is 1. The first kappa shape index (κ1) is 10.2. The number of aromatic nitrogens is 4. The third-order valence-corrected chi connectivity index (χ3v) is 2.94. The maximum absolute atomic E-state index is 9.84. The molecular formula is C10H13N5O3. The highest BCUT2D eigenvalue weighted by molar-refractivity contribution is 5.81. The summed E-state index contributed by atoms with van der Waals surface area (Å²) in [5, 5.41) is 18.9. The summed E-state index contributed by atoms with van der Waals surface area (Å²) in [5.74, 6) is 0.251. The molecule has 3 atom stereocenters. The van der Waals surface area contributed by atoms with E-state index in [9.17, 15) is 5.11 Å². The molecule has 0 amide bonds. The van der Waals surface area contributed by atoms with E-state index in [0.717, 1.165) is 0 Å². The third kappa shape index (κ3) is 1.62. The topological polar surface area (TPSA) is 119 Å². The number of imidazole rings is 1. The summed E-state index contributed by atoms with van der Waals surface area (Å²) in [7, 11) is 0. The van der Waals surface area contributed by atoms with Gasteiger partial charge in [-0.3, -0.25) is 4.57 Å². The molecule has 0 unspecified atom stereocenters. The molecule has 1 fully saturated rings. The normalized spacial score (nSPS) is 32.9. The van der Waals surface area contributed by atoms with Crippen molar-refractivity contribution < 1.29 is 16.3 Å². The number of ether oxygens (including phenoxy) is 1. The molecule has 0 aromatic carbocycles. The van der Waals surface area contributed by atoms with Crippen LogP contribution in [-0.2, 0) is 4.74 Å². The Hall–Kier alpha value is -1.77. The van der Waals surface area contributed by atoms with Crippen LogP contribution in [0.15, 0.2) is 12.7 Å². The lowest BCUT2D eigenvalue weighted by molar-refractivity contribution is -0.0432. The molecule has 1 aliphatic heterocycles. The lowest BCUT2D eigenvalue weighted by Crippen LogP contribution is -2.24. The minimum atomic E-state index is -1.84. The predicted molar refractivity (Wildman–Crippen MR) is 61.4 cm³/mol. The van der Waals surface area contributed by atoms with Gasteiger partial charge in [0, 0.05) is 6.42 Å². The molecule has 0 aliphatic carbocycles. The summed E-state index contributed by atoms with van der Waals surface area (Å²) in [4.78, 5) is 12.0. The van der Waals surface area contributed by atoms with Crippen LogP contribution >= 0.6 is 0 Å². The molecular weight excluding hydrogens is 238 g/mol. The van der Waals surface area contributed by atoms with Crippen LogP contribution in [0.4, 0.5) is 5.82 Å². The fourth-order valence-electron chi connectivity index (χ4n) is 2.02. The molecule has 18 heavy (non-hydrogen) atoms. The van der Waals surface area contributed by atoms with Gasteiger partial charge in [-0.05, 0) is 0 Å². The average Bonchev–Trinajstić information content (AvgIpc) is 2.90. The Morgan fingerprint density at radius 3 is 3.11 bits per heavy atom. The minimum absolute atomic E-state index is 0.00753. The maximum Gasteiger partial charge on any atom is 0.167 e. The quantitative estimate of drug-likeness (QED) is 0.630. The number of rotatable bonds is 2. The van der Waals surface area contributed by atoms with E-state index in [4.69, 9.17) is 16.9 Å². The van der Waals surface area contributed by atoms with Gasteiger partial charge < -0.3 is 20.7 Å². The second kappa shape index (κ2) is 4.16. The van der Waals surface area contributed by atoms with E-state index in [1.54, 1.807) is 4.57 Å². The molecule has 3 heterocycles. The van der Waals surface area contributed by atoms with Crippen molar-refractivity contribution in [1.29, 1.82) is 0 Å². The molecule has 8 nitrogen and oxygen atoms in total. The standard InChI is InChI=1S/C10H13N5O3/c11-9-8-10(13-3-12-9)15(4-14-8)7-1-5(17)6(2-16)18-7/h3-7,16-17H,1-2H2,(H2,11,12,13)/t5-,6-,7-/m1/s1/i5D. The van der Waals surface area contributed by atoms with Gasteiger partial charge in [-0.2, -0.15) is 0 Å². The predicted octanol–water partition coefficient (Wildman–Crippen LogP) is -0.951. The van der Waals surface area contributed by atoms with Gasteiger partial charge in [-0.15, -0.1) is 0 Å². The molecule has 4 N–H and O–H groups in total. The highest BCUT2D eigenvalue weighted by atomic mass is 16.5. The van der Waals surface area contributed by atoms with Crippen LogP contribution in [0.3, 0.4) is 0 Å². The summed E-state index contributed by atoms with van der Waals surface area (Å²) in [6, 6.07) is 0. The van der Waals surface area contributed by atoms with E-state index in [2.05, 4.69) is 15.0 Å². The number of anilines is 1. The molecule has 1 saturated heterocycles. The summed E-state index contributed by atoms with van der Waals surface area (Å²) >= 11 is 0. The Morgan fingerprint density at radius 1 is 1.56 bits per heavy atom. The second-order valence-corrected chi connectivity index (χ2v) is 4.04. The van der Waals surface area contributed by atoms with Gasteiger partial charge in [0.1, 0.15) is 24.2 Å². The van der Waals surface area contributed by atoms with Crippen molar-refractivity contribution in [1.82, 2.24) is 19.5 Å². The SMILES string of the molecule is [2H][C@@]1(O)C[C@H](n2cnc3c(N)ncnc32)O[C@@H]1CO. The molecule has 0 spiro atoms. The molecule has 0 radical (unpaired) electrons. The lowest BCUT2D eigenvalue weighted by Gasteiger charge is -2.13. The molecule has 1 aliphatic rings. The van der Waals surface area contributed by atoms with Crippen LogP contribution in [-0.4, -0.2) is 48.5 Å². The number of nitrogens with zero attached hydrogens (tertiary/aromatic N) is 4. The Bertz CT molecular complexity index is 616. The van der Waals surface area contributed by atoms with Gasteiger partial charge in [-0.1, -0.05) is 0 Å². The Kier molecular flexibility index (Phi) is 2.35. The Balaban J connectivity index is 2.00. The molecule has 96 valence electrons. The highest BCUT2D eigenvalue weighted by Gasteiger charge is 2.35. The zero-order valence-electron chi connectivity index (χ0n) is 10.4. The summed E-state index contributed by atoms with van der Waals surface area (Å²) < 4.78 is 14.7. The second-order valence-electron chi connectivity index (χ2n) is 4.04. The molecule has 2 aromatic rings. The number of aliphatic hydroxyl groups excluding tert-OH is 1. The van der Waals surface area contributed by atoms with Gasteiger partial charge >= 0.3 is 0 Å². The number of nitrogens with two attached hydrogens (primary N) is 1. The third-order valence-electron chi connectivity index (χ3n) is 2.94. The smallest absolute Gasteiger partial charge is 0.167 e. The van der Waals surface area contributed by atoms with Crippen LogP contribution in [0.25, 0.3) is 11.2 Å². The fraction of sp³-hybridized carbons (Fsp3) is 0.500. The first-order chi connectivity index (χ1) is 9.03. The minimum Gasteiger partial charge on any atom is -0.394 e. The fourth-order valence-corrected chi connectivity index (χ4v) is 2.02.